The Labute approximate surface area is 110 Å². The highest BCUT2D eigenvalue weighted by molar-refractivity contribution is 7.97. The first kappa shape index (κ1) is 12.7. The Morgan fingerprint density at radius 2 is 2.00 bits per heavy atom. The van der Waals surface area contributed by atoms with Gasteiger partial charge in [-0.2, -0.15) is 11.8 Å². The number of thioether (sulfide) groups is 1. The van der Waals surface area contributed by atoms with Gasteiger partial charge in [-0.3, -0.25) is 10.2 Å². The largest absolute Gasteiger partial charge is 0.459 e. The van der Waals surface area contributed by atoms with E-state index in [0.29, 0.717) is 5.75 Å². The lowest BCUT2D eigenvalue weighted by Crippen LogP contribution is -2.30. The van der Waals surface area contributed by atoms with Crippen molar-refractivity contribution in [3.63, 3.8) is 0 Å². The average Bonchev–Trinajstić information content (AvgIpc) is 2.87. The molecule has 1 aromatic carbocycles. The van der Waals surface area contributed by atoms with E-state index < -0.39 is 5.91 Å². The zero-order valence-electron chi connectivity index (χ0n) is 9.76. The van der Waals surface area contributed by atoms with Crippen molar-refractivity contribution in [1.82, 2.24) is 5.43 Å². The number of furan rings is 1. The molecule has 0 spiro atoms. The minimum absolute atomic E-state index is 0.290. The quantitative estimate of drug-likeness (QED) is 0.493. The fourth-order valence-corrected chi connectivity index (χ4v) is 2.54. The lowest BCUT2D eigenvalue weighted by atomic mass is 10.2. The molecule has 0 unspecified atom stereocenters. The third kappa shape index (κ3) is 3.15. The lowest BCUT2D eigenvalue weighted by molar-refractivity contribution is 0.0925. The zero-order valence-corrected chi connectivity index (χ0v) is 10.6. The van der Waals surface area contributed by atoms with Crippen LogP contribution in [-0.4, -0.2) is 5.91 Å². The maximum atomic E-state index is 11.4. The van der Waals surface area contributed by atoms with Crippen LogP contribution in [0.15, 0.2) is 47.1 Å². The minimum atomic E-state index is -0.393. The summed E-state index contributed by atoms with van der Waals surface area (Å²) in [4.78, 5) is 11.4. The molecule has 1 heterocycles. The molecular formula is C13H14N2O2S. The number of rotatable bonds is 5. The molecule has 0 saturated heterocycles. The van der Waals surface area contributed by atoms with E-state index in [-0.39, 0.29) is 5.76 Å². The molecule has 3 N–H and O–H groups in total. The molecule has 0 radical (unpaired) electrons. The van der Waals surface area contributed by atoms with Crippen molar-refractivity contribution in [2.75, 3.05) is 0 Å². The zero-order chi connectivity index (χ0) is 12.8. The molecule has 0 saturated carbocycles. The van der Waals surface area contributed by atoms with E-state index in [9.17, 15) is 4.79 Å². The molecule has 18 heavy (non-hydrogen) atoms. The van der Waals surface area contributed by atoms with Crippen molar-refractivity contribution in [2.24, 2.45) is 5.84 Å². The molecular weight excluding hydrogens is 248 g/mol. The molecule has 0 bridgehead atoms. The van der Waals surface area contributed by atoms with Crippen molar-refractivity contribution in [3.8, 4) is 0 Å². The van der Waals surface area contributed by atoms with Gasteiger partial charge in [0.1, 0.15) is 0 Å². The van der Waals surface area contributed by atoms with Gasteiger partial charge in [-0.15, -0.1) is 0 Å². The van der Waals surface area contributed by atoms with Crippen LogP contribution in [0.1, 0.15) is 21.7 Å². The number of hydrogen-bond donors (Lipinski definition) is 2. The predicted octanol–water partition coefficient (Wildman–Crippen LogP) is 2.32. The van der Waals surface area contributed by atoms with E-state index >= 15 is 0 Å². The van der Waals surface area contributed by atoms with Gasteiger partial charge < -0.3 is 4.42 Å². The number of nitrogen functional groups attached to an aromatic ring is 1. The maximum absolute atomic E-state index is 11.4. The van der Waals surface area contributed by atoms with Crippen LogP contribution in [0, 0.1) is 0 Å². The van der Waals surface area contributed by atoms with E-state index in [1.807, 2.05) is 18.2 Å². The highest BCUT2D eigenvalue weighted by Gasteiger charge is 2.13. The summed E-state index contributed by atoms with van der Waals surface area (Å²) in [6.07, 6.45) is 1.50. The van der Waals surface area contributed by atoms with Crippen LogP contribution in [0.5, 0.6) is 0 Å². The number of hydrazine groups is 1. The second kappa shape index (κ2) is 6.28. The van der Waals surface area contributed by atoms with Gasteiger partial charge in [0, 0.05) is 17.1 Å². The van der Waals surface area contributed by atoms with E-state index in [1.165, 1.54) is 11.8 Å². The molecule has 2 rings (SSSR count). The van der Waals surface area contributed by atoms with E-state index in [0.717, 1.165) is 11.3 Å². The number of benzene rings is 1. The monoisotopic (exact) mass is 262 g/mol. The molecule has 0 aliphatic carbocycles. The summed E-state index contributed by atoms with van der Waals surface area (Å²) >= 11 is 1.73. The third-order valence-electron chi connectivity index (χ3n) is 2.45. The number of amides is 1. The van der Waals surface area contributed by atoms with Crippen LogP contribution in [0.25, 0.3) is 0 Å². The topological polar surface area (TPSA) is 68.3 Å². The van der Waals surface area contributed by atoms with E-state index in [4.69, 9.17) is 10.3 Å². The molecule has 1 amide bonds. The van der Waals surface area contributed by atoms with E-state index in [1.54, 1.807) is 17.8 Å². The summed E-state index contributed by atoms with van der Waals surface area (Å²) in [6.45, 7) is 0. The summed E-state index contributed by atoms with van der Waals surface area (Å²) in [5.41, 5.74) is 4.19. The van der Waals surface area contributed by atoms with Crippen LogP contribution in [0.3, 0.4) is 0 Å². The lowest BCUT2D eigenvalue weighted by Gasteiger charge is -2.02. The van der Waals surface area contributed by atoms with Crippen LogP contribution in [0.4, 0.5) is 0 Å². The molecule has 94 valence electrons. The van der Waals surface area contributed by atoms with Gasteiger partial charge >= 0.3 is 5.91 Å². The Morgan fingerprint density at radius 1 is 1.22 bits per heavy atom. The summed E-state index contributed by atoms with van der Waals surface area (Å²) in [6, 6.07) is 12.0. The van der Waals surface area contributed by atoms with Gasteiger partial charge in [0.05, 0.1) is 6.26 Å². The molecule has 4 nitrogen and oxygen atoms in total. The highest BCUT2D eigenvalue weighted by Crippen LogP contribution is 2.21. The Morgan fingerprint density at radius 3 is 2.72 bits per heavy atom. The molecule has 1 aromatic heterocycles. The first-order valence-electron chi connectivity index (χ1n) is 5.50. The minimum Gasteiger partial charge on any atom is -0.459 e. The Bertz CT molecular complexity index is 511. The fourth-order valence-electron chi connectivity index (χ4n) is 1.57. The van der Waals surface area contributed by atoms with Crippen molar-refractivity contribution in [3.05, 3.63) is 59.5 Å². The van der Waals surface area contributed by atoms with Crippen LogP contribution in [0.2, 0.25) is 0 Å². The second-order valence-electron chi connectivity index (χ2n) is 3.73. The Kier molecular flexibility index (Phi) is 4.44. The van der Waals surface area contributed by atoms with Crippen molar-refractivity contribution >= 4 is 17.7 Å². The van der Waals surface area contributed by atoms with Gasteiger partial charge in [-0.1, -0.05) is 30.3 Å². The fraction of sp³-hybridized carbons (Fsp3) is 0.154. The molecule has 0 fully saturated rings. The first-order chi connectivity index (χ1) is 8.81. The van der Waals surface area contributed by atoms with Gasteiger partial charge in [0.15, 0.2) is 5.76 Å². The summed E-state index contributed by atoms with van der Waals surface area (Å²) in [5.74, 6) is 6.60. The van der Waals surface area contributed by atoms with Crippen molar-refractivity contribution < 1.29 is 9.21 Å². The van der Waals surface area contributed by atoms with Gasteiger partial charge in [-0.05, 0) is 11.6 Å². The number of nitrogens with one attached hydrogen (secondary N) is 1. The smallest absolute Gasteiger partial charge is 0.301 e. The third-order valence-corrected chi connectivity index (χ3v) is 3.51. The number of hydrogen-bond acceptors (Lipinski definition) is 4. The summed E-state index contributed by atoms with van der Waals surface area (Å²) in [5, 5.41) is 0. The van der Waals surface area contributed by atoms with Gasteiger partial charge in [0.2, 0.25) is 0 Å². The van der Waals surface area contributed by atoms with Crippen LogP contribution < -0.4 is 11.3 Å². The number of carbonyl (C=O) groups is 1. The predicted molar refractivity (Wildman–Crippen MR) is 71.8 cm³/mol. The first-order valence-corrected chi connectivity index (χ1v) is 6.65. The average molecular weight is 262 g/mol. The standard InChI is InChI=1S/C13H14N2O2S/c14-15-13(16)12-11(6-7-17-12)9-18-8-10-4-2-1-3-5-10/h1-7H,8-9,14H2,(H,15,16). The molecule has 0 aliphatic heterocycles. The van der Waals surface area contributed by atoms with Crippen LogP contribution in [-0.2, 0) is 11.5 Å². The second-order valence-corrected chi connectivity index (χ2v) is 4.71. The number of nitrogens with two attached hydrogens (primary N) is 1. The summed E-state index contributed by atoms with van der Waals surface area (Å²) < 4.78 is 5.11. The number of carbonyl (C=O) groups excluding carboxylic acids is 1. The van der Waals surface area contributed by atoms with Gasteiger partial charge in [-0.25, -0.2) is 5.84 Å². The normalized spacial score (nSPS) is 10.3. The Hall–Kier alpha value is -1.72. The molecule has 0 aliphatic rings. The molecule has 2 aromatic rings. The van der Waals surface area contributed by atoms with Crippen molar-refractivity contribution in [1.29, 1.82) is 0 Å². The molecule has 0 atom stereocenters. The van der Waals surface area contributed by atoms with E-state index in [2.05, 4.69) is 17.6 Å². The summed E-state index contributed by atoms with van der Waals surface area (Å²) in [7, 11) is 0. The Balaban J connectivity index is 1.91. The van der Waals surface area contributed by atoms with Crippen molar-refractivity contribution in [2.45, 2.75) is 11.5 Å². The highest BCUT2D eigenvalue weighted by atomic mass is 32.2. The van der Waals surface area contributed by atoms with Gasteiger partial charge in [0.25, 0.3) is 0 Å². The molecule has 5 heteroatoms. The SMILES string of the molecule is NNC(=O)c1occc1CSCc1ccccc1. The maximum Gasteiger partial charge on any atom is 0.301 e. The van der Waals surface area contributed by atoms with Crippen LogP contribution >= 0.6 is 11.8 Å².